The van der Waals surface area contributed by atoms with Gasteiger partial charge in [0.05, 0.1) is 25.3 Å². The van der Waals surface area contributed by atoms with Gasteiger partial charge in [0, 0.05) is 35.8 Å². The van der Waals surface area contributed by atoms with Crippen LogP contribution in [0.3, 0.4) is 0 Å². The van der Waals surface area contributed by atoms with Crippen LogP contribution in [0, 0.1) is 0 Å². The van der Waals surface area contributed by atoms with Crippen molar-refractivity contribution in [3.05, 3.63) is 66.4 Å². The molecule has 168 valence electrons. The van der Waals surface area contributed by atoms with E-state index in [4.69, 9.17) is 4.74 Å². The average molecular weight is 443 g/mol. The number of ether oxygens (including phenoxy) is 1. The van der Waals surface area contributed by atoms with Crippen molar-refractivity contribution in [2.24, 2.45) is 0 Å². The molecule has 1 amide bonds. The molecule has 4 aromatic rings. The van der Waals surface area contributed by atoms with Crippen LogP contribution in [0.25, 0.3) is 33.4 Å². The largest absolute Gasteiger partial charge is 0.496 e. The highest BCUT2D eigenvalue weighted by Crippen LogP contribution is 2.34. The molecule has 7 heteroatoms. The van der Waals surface area contributed by atoms with Crippen LogP contribution in [0.4, 0.5) is 0 Å². The molecule has 0 bridgehead atoms. The monoisotopic (exact) mass is 442 g/mol. The maximum atomic E-state index is 12.7. The average Bonchev–Trinajstić information content (AvgIpc) is 3.27. The number of nitrogens with one attached hydrogen (secondary N) is 1. The third-order valence-electron chi connectivity index (χ3n) is 6.22. The lowest BCUT2D eigenvalue weighted by Gasteiger charge is -2.29. The molecular weight excluding hydrogens is 416 g/mol. The van der Waals surface area contributed by atoms with E-state index in [0.29, 0.717) is 38.0 Å². The standard InChI is InChI=1S/C26H26N4O3/c1-33-23-8-3-2-7-21(23)25-22-15-19(16-27-26(22)29-28-25)18-6-4-5-17(13-18)14-24(32)30-11-9-20(31)10-12-30/h2-8,13,15-16,20,31H,9-12,14H2,1H3,(H,27,28,29). The summed E-state index contributed by atoms with van der Waals surface area (Å²) in [5.41, 5.74) is 5.33. The summed E-state index contributed by atoms with van der Waals surface area (Å²) in [4.78, 5) is 19.1. The molecule has 2 aromatic carbocycles. The van der Waals surface area contributed by atoms with Crippen molar-refractivity contribution in [1.82, 2.24) is 20.1 Å². The molecule has 0 unspecified atom stereocenters. The van der Waals surface area contributed by atoms with Gasteiger partial charge in [0.1, 0.15) is 5.75 Å². The summed E-state index contributed by atoms with van der Waals surface area (Å²) in [6.07, 6.45) is 3.16. The number of hydrogen-bond donors (Lipinski definition) is 2. The first-order valence-corrected chi connectivity index (χ1v) is 11.1. The maximum absolute atomic E-state index is 12.7. The van der Waals surface area contributed by atoms with Gasteiger partial charge in [-0.3, -0.25) is 9.89 Å². The predicted octanol–water partition coefficient (Wildman–Crippen LogP) is 3.83. The maximum Gasteiger partial charge on any atom is 0.226 e. The zero-order valence-electron chi connectivity index (χ0n) is 18.5. The second kappa shape index (κ2) is 9.03. The first-order chi connectivity index (χ1) is 16.1. The molecule has 1 saturated heterocycles. The Morgan fingerprint density at radius 3 is 2.76 bits per heavy atom. The van der Waals surface area contributed by atoms with Crippen LogP contribution in [-0.2, 0) is 11.2 Å². The number of methoxy groups -OCH3 is 1. The SMILES string of the molecule is COc1ccccc1-c1[nH]nc2ncc(-c3cccc(CC(=O)N4CCC(O)CC4)c3)cc12. The molecule has 33 heavy (non-hydrogen) atoms. The number of rotatable bonds is 5. The molecule has 1 aliphatic rings. The van der Waals surface area contributed by atoms with Gasteiger partial charge < -0.3 is 14.7 Å². The normalized spacial score (nSPS) is 14.5. The number of likely N-dealkylation sites (tertiary alicyclic amines) is 1. The number of carbonyl (C=O) groups excluding carboxylic acids is 1. The summed E-state index contributed by atoms with van der Waals surface area (Å²) in [5, 5.41) is 18.1. The molecular formula is C26H26N4O3. The Kier molecular flexibility index (Phi) is 5.79. The fourth-order valence-electron chi connectivity index (χ4n) is 4.38. The lowest BCUT2D eigenvalue weighted by atomic mass is 10.0. The third kappa shape index (κ3) is 4.32. The Balaban J connectivity index is 1.43. The number of aromatic amines is 1. The van der Waals surface area contributed by atoms with E-state index < -0.39 is 0 Å². The summed E-state index contributed by atoms with van der Waals surface area (Å²) in [6, 6.07) is 17.9. The van der Waals surface area contributed by atoms with Crippen molar-refractivity contribution < 1.29 is 14.6 Å². The molecule has 1 aliphatic heterocycles. The van der Waals surface area contributed by atoms with Crippen LogP contribution >= 0.6 is 0 Å². The van der Waals surface area contributed by atoms with Crippen molar-refractivity contribution in [1.29, 1.82) is 0 Å². The third-order valence-corrected chi connectivity index (χ3v) is 6.22. The van der Waals surface area contributed by atoms with E-state index in [1.165, 1.54) is 0 Å². The number of H-pyrrole nitrogens is 1. The Morgan fingerprint density at radius 1 is 1.12 bits per heavy atom. The Labute approximate surface area is 192 Å². The first-order valence-electron chi connectivity index (χ1n) is 11.1. The van der Waals surface area contributed by atoms with Crippen LogP contribution in [0.2, 0.25) is 0 Å². The molecule has 1 fully saturated rings. The fraction of sp³-hybridized carbons (Fsp3) is 0.269. The first kappa shape index (κ1) is 21.2. The molecule has 3 heterocycles. The minimum Gasteiger partial charge on any atom is -0.496 e. The van der Waals surface area contributed by atoms with Crippen molar-refractivity contribution >= 4 is 16.9 Å². The van der Waals surface area contributed by atoms with Gasteiger partial charge in [0.15, 0.2) is 5.65 Å². The number of nitrogens with zero attached hydrogens (tertiary/aromatic N) is 3. The molecule has 7 nitrogen and oxygen atoms in total. The van der Waals surface area contributed by atoms with E-state index in [1.54, 1.807) is 7.11 Å². The van der Waals surface area contributed by atoms with Crippen molar-refractivity contribution in [3.8, 4) is 28.1 Å². The second-order valence-corrected chi connectivity index (χ2v) is 8.38. The highest BCUT2D eigenvalue weighted by Gasteiger charge is 2.21. The number of aliphatic hydroxyl groups is 1. The Bertz CT molecular complexity index is 1290. The number of aromatic nitrogens is 3. The molecule has 0 atom stereocenters. The van der Waals surface area contributed by atoms with E-state index in [1.807, 2.05) is 59.6 Å². The van der Waals surface area contributed by atoms with Gasteiger partial charge in [0.25, 0.3) is 0 Å². The number of benzene rings is 2. The zero-order valence-corrected chi connectivity index (χ0v) is 18.5. The van der Waals surface area contributed by atoms with Gasteiger partial charge in [0.2, 0.25) is 5.91 Å². The molecule has 2 N–H and O–H groups in total. The van der Waals surface area contributed by atoms with Gasteiger partial charge in [-0.1, -0.05) is 36.4 Å². The topological polar surface area (TPSA) is 91.3 Å². The van der Waals surface area contributed by atoms with E-state index in [0.717, 1.165) is 39.1 Å². The van der Waals surface area contributed by atoms with Gasteiger partial charge in [-0.15, -0.1) is 0 Å². The summed E-state index contributed by atoms with van der Waals surface area (Å²) in [5.74, 6) is 0.861. The predicted molar refractivity (Wildman–Crippen MR) is 127 cm³/mol. The summed E-state index contributed by atoms with van der Waals surface area (Å²) < 4.78 is 5.52. The Hall–Kier alpha value is -3.71. The quantitative estimate of drug-likeness (QED) is 0.490. The van der Waals surface area contributed by atoms with Gasteiger partial charge >= 0.3 is 0 Å². The molecule has 0 saturated carbocycles. The Morgan fingerprint density at radius 2 is 1.94 bits per heavy atom. The number of carbonyl (C=O) groups is 1. The molecule has 0 radical (unpaired) electrons. The number of pyridine rings is 1. The van der Waals surface area contributed by atoms with Crippen LogP contribution in [0.15, 0.2) is 60.8 Å². The van der Waals surface area contributed by atoms with Crippen molar-refractivity contribution in [3.63, 3.8) is 0 Å². The number of amides is 1. The lowest BCUT2D eigenvalue weighted by molar-refractivity contribution is -0.132. The minimum atomic E-state index is -0.288. The molecule has 0 spiro atoms. The number of piperidine rings is 1. The second-order valence-electron chi connectivity index (χ2n) is 8.38. The molecule has 5 rings (SSSR count). The number of fused-ring (bicyclic) bond motifs is 1. The van der Waals surface area contributed by atoms with Crippen LogP contribution in [0.5, 0.6) is 5.75 Å². The number of aliphatic hydroxyl groups excluding tert-OH is 1. The highest BCUT2D eigenvalue weighted by molar-refractivity contribution is 5.94. The van der Waals surface area contributed by atoms with E-state index in [2.05, 4.69) is 21.2 Å². The van der Waals surface area contributed by atoms with Crippen molar-refractivity contribution in [2.45, 2.75) is 25.4 Å². The van der Waals surface area contributed by atoms with E-state index in [-0.39, 0.29) is 12.0 Å². The smallest absolute Gasteiger partial charge is 0.226 e. The minimum absolute atomic E-state index is 0.0981. The van der Waals surface area contributed by atoms with Gasteiger partial charge in [-0.25, -0.2) is 4.98 Å². The van der Waals surface area contributed by atoms with Crippen molar-refractivity contribution in [2.75, 3.05) is 20.2 Å². The summed E-state index contributed by atoms with van der Waals surface area (Å²) in [6.45, 7) is 1.24. The number of para-hydroxylation sites is 1. The fourth-order valence-corrected chi connectivity index (χ4v) is 4.38. The lowest BCUT2D eigenvalue weighted by Crippen LogP contribution is -2.40. The van der Waals surface area contributed by atoms with Crippen LogP contribution < -0.4 is 4.74 Å². The van der Waals surface area contributed by atoms with Crippen LogP contribution in [0.1, 0.15) is 18.4 Å². The molecule has 2 aromatic heterocycles. The van der Waals surface area contributed by atoms with Crippen LogP contribution in [-0.4, -0.2) is 57.4 Å². The molecule has 0 aliphatic carbocycles. The van der Waals surface area contributed by atoms with Gasteiger partial charge in [-0.05, 0) is 42.2 Å². The highest BCUT2D eigenvalue weighted by atomic mass is 16.5. The van der Waals surface area contributed by atoms with E-state index >= 15 is 0 Å². The summed E-state index contributed by atoms with van der Waals surface area (Å²) >= 11 is 0. The summed E-state index contributed by atoms with van der Waals surface area (Å²) in [7, 11) is 1.65. The van der Waals surface area contributed by atoms with E-state index in [9.17, 15) is 9.90 Å². The van der Waals surface area contributed by atoms with Gasteiger partial charge in [-0.2, -0.15) is 5.10 Å². The number of hydrogen-bond acceptors (Lipinski definition) is 5. The zero-order chi connectivity index (χ0) is 22.8.